The molecule has 1 heterocycles. The Morgan fingerprint density at radius 1 is 1.21 bits per heavy atom. The summed E-state index contributed by atoms with van der Waals surface area (Å²) in [6, 6.07) is 5.68. The van der Waals surface area contributed by atoms with Crippen LogP contribution >= 0.6 is 0 Å². The van der Waals surface area contributed by atoms with Crippen LogP contribution in [0.1, 0.15) is 18.4 Å². The highest BCUT2D eigenvalue weighted by Gasteiger charge is 2.60. The molecule has 0 radical (unpaired) electrons. The molecule has 2 N–H and O–H groups in total. The lowest BCUT2D eigenvalue weighted by atomic mass is 9.64. The number of fused-ring (bicyclic) bond motifs is 3. The van der Waals surface area contributed by atoms with Gasteiger partial charge in [-0.25, -0.2) is 0 Å². The number of aliphatic hydroxyl groups is 2. The van der Waals surface area contributed by atoms with Crippen molar-refractivity contribution in [2.75, 3.05) is 20.3 Å². The molecule has 102 valence electrons. The highest BCUT2D eigenvalue weighted by Crippen LogP contribution is 2.57. The van der Waals surface area contributed by atoms with Crippen LogP contribution in [0.3, 0.4) is 0 Å². The van der Waals surface area contributed by atoms with Gasteiger partial charge in [0.1, 0.15) is 5.60 Å². The molecule has 1 aliphatic heterocycles. The first-order chi connectivity index (χ1) is 9.23. The lowest BCUT2D eigenvalue weighted by Crippen LogP contribution is -2.57. The number of hydrogen-bond donors (Lipinski definition) is 2. The summed E-state index contributed by atoms with van der Waals surface area (Å²) in [7, 11) is 1.59. The van der Waals surface area contributed by atoms with Gasteiger partial charge in [-0.05, 0) is 12.5 Å². The molecular weight excluding hydrogens is 244 g/mol. The summed E-state index contributed by atoms with van der Waals surface area (Å²) in [6.07, 6.45) is 5.29. The Hall–Kier alpha value is -1.52. The van der Waals surface area contributed by atoms with Crippen LogP contribution in [0.5, 0.6) is 11.5 Å². The van der Waals surface area contributed by atoms with E-state index in [1.165, 1.54) is 0 Å². The van der Waals surface area contributed by atoms with Crippen LogP contribution in [0.25, 0.3) is 0 Å². The van der Waals surface area contributed by atoms with E-state index in [1.54, 1.807) is 7.11 Å². The third kappa shape index (κ3) is 1.41. The molecule has 2 atom stereocenters. The third-order valence-electron chi connectivity index (χ3n) is 4.49. The molecule has 0 fully saturated rings. The lowest BCUT2D eigenvalue weighted by molar-refractivity contribution is -0.0540. The van der Waals surface area contributed by atoms with Crippen molar-refractivity contribution in [2.45, 2.75) is 23.9 Å². The van der Waals surface area contributed by atoms with Crippen molar-refractivity contribution in [2.24, 2.45) is 0 Å². The lowest BCUT2D eigenvalue weighted by Gasteiger charge is -2.43. The smallest absolute Gasteiger partial charge is 0.166 e. The second-order valence-corrected chi connectivity index (χ2v) is 5.21. The van der Waals surface area contributed by atoms with Gasteiger partial charge in [0.15, 0.2) is 11.5 Å². The molecule has 0 saturated heterocycles. The molecule has 0 amide bonds. The maximum atomic E-state index is 9.99. The minimum atomic E-state index is -0.784. The zero-order valence-corrected chi connectivity index (χ0v) is 10.9. The monoisotopic (exact) mass is 262 g/mol. The van der Waals surface area contributed by atoms with E-state index in [4.69, 9.17) is 9.47 Å². The standard InChI is InChI=1S/C15H18O4/c1-18-12-6-4-5-11-13(12)19-15(10-17)8-3-2-7-14(11,15)9-16/h2-6,16-17H,7-10H2,1H3/t14-,15-/m0/s1. The highest BCUT2D eigenvalue weighted by atomic mass is 16.5. The van der Waals surface area contributed by atoms with Gasteiger partial charge in [0.2, 0.25) is 0 Å². The molecule has 1 aromatic carbocycles. The van der Waals surface area contributed by atoms with Crippen LogP contribution in [0.15, 0.2) is 30.4 Å². The van der Waals surface area contributed by atoms with E-state index < -0.39 is 11.0 Å². The molecule has 19 heavy (non-hydrogen) atoms. The molecule has 2 aliphatic rings. The zero-order valence-electron chi connectivity index (χ0n) is 10.9. The van der Waals surface area contributed by atoms with Crippen molar-refractivity contribution in [1.82, 2.24) is 0 Å². The first-order valence-electron chi connectivity index (χ1n) is 6.46. The summed E-state index contributed by atoms with van der Waals surface area (Å²) in [5.41, 5.74) is -0.443. The Morgan fingerprint density at radius 2 is 2.00 bits per heavy atom. The topological polar surface area (TPSA) is 58.9 Å². The first-order valence-corrected chi connectivity index (χ1v) is 6.46. The van der Waals surface area contributed by atoms with E-state index in [0.29, 0.717) is 24.3 Å². The van der Waals surface area contributed by atoms with E-state index in [0.717, 1.165) is 5.56 Å². The molecule has 4 heteroatoms. The largest absolute Gasteiger partial charge is 0.493 e. The fourth-order valence-electron chi connectivity index (χ4n) is 3.33. The van der Waals surface area contributed by atoms with E-state index in [-0.39, 0.29) is 13.2 Å². The normalized spacial score (nSPS) is 31.5. The maximum Gasteiger partial charge on any atom is 0.166 e. The number of allylic oxidation sites excluding steroid dienone is 1. The van der Waals surface area contributed by atoms with Gasteiger partial charge in [0.25, 0.3) is 0 Å². The van der Waals surface area contributed by atoms with E-state index in [9.17, 15) is 10.2 Å². The molecule has 1 aliphatic carbocycles. The van der Waals surface area contributed by atoms with Crippen molar-refractivity contribution in [1.29, 1.82) is 0 Å². The average Bonchev–Trinajstić information content (AvgIpc) is 2.78. The Kier molecular flexibility index (Phi) is 2.80. The molecule has 0 saturated carbocycles. The van der Waals surface area contributed by atoms with Gasteiger partial charge >= 0.3 is 0 Å². The van der Waals surface area contributed by atoms with Crippen LogP contribution in [-0.2, 0) is 5.41 Å². The second kappa shape index (κ2) is 4.25. The highest BCUT2D eigenvalue weighted by molar-refractivity contribution is 5.57. The molecule has 3 rings (SSSR count). The third-order valence-corrected chi connectivity index (χ3v) is 4.49. The summed E-state index contributed by atoms with van der Waals surface area (Å²) < 4.78 is 11.4. The maximum absolute atomic E-state index is 9.99. The van der Waals surface area contributed by atoms with Gasteiger partial charge in [0.05, 0.1) is 25.7 Å². The van der Waals surface area contributed by atoms with Crippen molar-refractivity contribution in [3.63, 3.8) is 0 Å². The number of ether oxygens (including phenoxy) is 2. The molecule has 1 aromatic rings. The van der Waals surface area contributed by atoms with Crippen molar-refractivity contribution >= 4 is 0 Å². The molecular formula is C15H18O4. The summed E-state index contributed by atoms with van der Waals surface area (Å²) in [6.45, 7) is -0.187. The number of aliphatic hydroxyl groups excluding tert-OH is 2. The number of benzene rings is 1. The van der Waals surface area contributed by atoms with Crippen molar-refractivity contribution in [3.8, 4) is 11.5 Å². The molecule has 0 aromatic heterocycles. The van der Waals surface area contributed by atoms with Crippen LogP contribution in [0.4, 0.5) is 0 Å². The molecule has 4 nitrogen and oxygen atoms in total. The van der Waals surface area contributed by atoms with Crippen molar-refractivity contribution in [3.05, 3.63) is 35.9 Å². The Bertz CT molecular complexity index is 525. The molecule has 0 bridgehead atoms. The van der Waals surface area contributed by atoms with Crippen molar-refractivity contribution < 1.29 is 19.7 Å². The van der Waals surface area contributed by atoms with Gasteiger partial charge < -0.3 is 19.7 Å². The predicted octanol–water partition coefficient (Wildman–Crippen LogP) is 1.40. The Balaban J connectivity index is 2.23. The quantitative estimate of drug-likeness (QED) is 0.808. The van der Waals surface area contributed by atoms with Crippen LogP contribution in [0, 0.1) is 0 Å². The number of hydrogen-bond acceptors (Lipinski definition) is 4. The Morgan fingerprint density at radius 3 is 2.68 bits per heavy atom. The van der Waals surface area contributed by atoms with Crippen LogP contribution in [0.2, 0.25) is 0 Å². The van der Waals surface area contributed by atoms with E-state index >= 15 is 0 Å². The van der Waals surface area contributed by atoms with Crippen LogP contribution in [-0.4, -0.2) is 36.1 Å². The average molecular weight is 262 g/mol. The van der Waals surface area contributed by atoms with E-state index in [1.807, 2.05) is 30.4 Å². The van der Waals surface area contributed by atoms with Gasteiger partial charge in [-0.2, -0.15) is 0 Å². The molecule has 0 spiro atoms. The SMILES string of the molecule is COc1cccc2c1O[C@]1(CO)CC=CC[C@]21CO. The summed E-state index contributed by atoms with van der Waals surface area (Å²) >= 11 is 0. The molecule has 0 unspecified atom stereocenters. The fraction of sp³-hybridized carbons (Fsp3) is 0.467. The minimum Gasteiger partial charge on any atom is -0.493 e. The van der Waals surface area contributed by atoms with Gasteiger partial charge in [-0.15, -0.1) is 0 Å². The number of rotatable bonds is 3. The summed E-state index contributed by atoms with van der Waals surface area (Å²) in [4.78, 5) is 0. The summed E-state index contributed by atoms with van der Waals surface area (Å²) in [5, 5.41) is 19.9. The van der Waals surface area contributed by atoms with Crippen LogP contribution < -0.4 is 9.47 Å². The van der Waals surface area contributed by atoms with Gasteiger partial charge in [-0.3, -0.25) is 0 Å². The van der Waals surface area contributed by atoms with Gasteiger partial charge in [-0.1, -0.05) is 24.3 Å². The predicted molar refractivity (Wildman–Crippen MR) is 70.6 cm³/mol. The fourth-order valence-corrected chi connectivity index (χ4v) is 3.33. The zero-order chi connectivity index (χ0) is 13.5. The second-order valence-electron chi connectivity index (χ2n) is 5.21. The van der Waals surface area contributed by atoms with Gasteiger partial charge in [0, 0.05) is 12.0 Å². The van der Waals surface area contributed by atoms with E-state index in [2.05, 4.69) is 0 Å². The number of methoxy groups -OCH3 is 1. The Labute approximate surface area is 112 Å². The number of para-hydroxylation sites is 1. The first kappa shape index (κ1) is 12.5. The minimum absolute atomic E-state index is 0.0575. The summed E-state index contributed by atoms with van der Waals surface area (Å²) in [5.74, 6) is 1.30.